The van der Waals surface area contributed by atoms with E-state index in [0.717, 1.165) is 31.9 Å². The molecule has 0 heterocycles. The summed E-state index contributed by atoms with van der Waals surface area (Å²) in [6.45, 7) is 5.84. The molecule has 2 N–H and O–H groups in total. The van der Waals surface area contributed by atoms with E-state index in [1.807, 2.05) is 0 Å². The Kier molecular flexibility index (Phi) is 6.66. The molecule has 1 aliphatic carbocycles. The molecular formula is C19H30N4. The van der Waals surface area contributed by atoms with Gasteiger partial charge in [-0.2, -0.15) is 0 Å². The summed E-state index contributed by atoms with van der Waals surface area (Å²) in [6.07, 6.45) is 6.63. The molecule has 1 aromatic rings. The molecule has 1 unspecified atom stereocenters. The zero-order chi connectivity index (χ0) is 16.7. The van der Waals surface area contributed by atoms with Crippen LogP contribution in [0.15, 0.2) is 41.4 Å². The van der Waals surface area contributed by atoms with Crippen LogP contribution in [0.1, 0.15) is 36.9 Å². The number of nitrogens with zero attached hydrogens (tertiary/aromatic N) is 2. The summed E-state index contributed by atoms with van der Waals surface area (Å²) in [5.74, 6) is 0.917. The number of hydrogen-bond donors (Lipinski definition) is 2. The first-order chi connectivity index (χ1) is 11.1. The van der Waals surface area contributed by atoms with Gasteiger partial charge in [0.15, 0.2) is 5.96 Å². The minimum Gasteiger partial charge on any atom is -0.357 e. The Balaban J connectivity index is 2.05. The minimum absolute atomic E-state index is 0.285. The van der Waals surface area contributed by atoms with Crippen molar-refractivity contribution in [3.8, 4) is 0 Å². The smallest absolute Gasteiger partial charge is 0.191 e. The number of nitrogens with one attached hydrogen (secondary N) is 2. The van der Waals surface area contributed by atoms with Gasteiger partial charge in [0.25, 0.3) is 0 Å². The van der Waals surface area contributed by atoms with Crippen molar-refractivity contribution in [2.45, 2.75) is 38.8 Å². The fraction of sp³-hybridized carbons (Fsp3) is 0.526. The standard InChI is InChI=1S/C19H30N4/c1-5-20-19(22-17-8-6-7-9-17)21-14-18(23(3)4)16-12-10-15(2)11-13-16/h6-7,10-13,17-18H,5,8-9,14H2,1-4H3,(H2,20,21,22). The first-order valence-electron chi connectivity index (χ1n) is 8.53. The molecule has 0 amide bonds. The Labute approximate surface area is 140 Å². The van der Waals surface area contributed by atoms with Crippen molar-refractivity contribution in [2.24, 2.45) is 4.99 Å². The molecular weight excluding hydrogens is 284 g/mol. The van der Waals surface area contributed by atoms with Crippen LogP contribution in [0.2, 0.25) is 0 Å². The molecule has 0 spiro atoms. The van der Waals surface area contributed by atoms with Gasteiger partial charge in [0.2, 0.25) is 0 Å². The zero-order valence-electron chi connectivity index (χ0n) is 14.8. The molecule has 0 radical (unpaired) electrons. The Hall–Kier alpha value is -1.81. The molecule has 126 valence electrons. The second-order valence-electron chi connectivity index (χ2n) is 6.39. The maximum absolute atomic E-state index is 4.82. The summed E-state index contributed by atoms with van der Waals surface area (Å²) in [5, 5.41) is 6.89. The minimum atomic E-state index is 0.285. The van der Waals surface area contributed by atoms with E-state index >= 15 is 0 Å². The summed E-state index contributed by atoms with van der Waals surface area (Å²) >= 11 is 0. The molecule has 4 heteroatoms. The van der Waals surface area contributed by atoms with E-state index in [1.54, 1.807) is 0 Å². The van der Waals surface area contributed by atoms with Crippen molar-refractivity contribution in [3.05, 3.63) is 47.5 Å². The van der Waals surface area contributed by atoms with Gasteiger partial charge in [-0.1, -0.05) is 42.0 Å². The van der Waals surface area contributed by atoms with Gasteiger partial charge in [-0.05, 0) is 46.3 Å². The van der Waals surface area contributed by atoms with Gasteiger partial charge in [-0.3, -0.25) is 4.99 Å². The molecule has 0 aromatic heterocycles. The predicted octanol–water partition coefficient (Wildman–Crippen LogP) is 2.87. The van der Waals surface area contributed by atoms with Gasteiger partial charge in [-0.25, -0.2) is 0 Å². The van der Waals surface area contributed by atoms with Crippen molar-refractivity contribution in [2.75, 3.05) is 27.2 Å². The first-order valence-corrected chi connectivity index (χ1v) is 8.53. The monoisotopic (exact) mass is 314 g/mol. The summed E-state index contributed by atoms with van der Waals surface area (Å²) in [4.78, 5) is 7.05. The van der Waals surface area contributed by atoms with Crippen molar-refractivity contribution in [1.82, 2.24) is 15.5 Å². The molecule has 1 atom stereocenters. The van der Waals surface area contributed by atoms with E-state index in [1.165, 1.54) is 11.1 Å². The lowest BCUT2D eigenvalue weighted by Gasteiger charge is -2.24. The third kappa shape index (κ3) is 5.39. The highest BCUT2D eigenvalue weighted by Gasteiger charge is 2.15. The van der Waals surface area contributed by atoms with Gasteiger partial charge in [0.05, 0.1) is 12.6 Å². The topological polar surface area (TPSA) is 39.7 Å². The van der Waals surface area contributed by atoms with Crippen LogP contribution in [0.3, 0.4) is 0 Å². The van der Waals surface area contributed by atoms with Crippen LogP contribution in [0, 0.1) is 6.92 Å². The highest BCUT2D eigenvalue weighted by Crippen LogP contribution is 2.19. The normalized spacial score (nSPS) is 16.8. The van der Waals surface area contributed by atoms with Gasteiger partial charge < -0.3 is 15.5 Å². The summed E-state index contributed by atoms with van der Waals surface area (Å²) in [7, 11) is 4.22. The summed E-state index contributed by atoms with van der Waals surface area (Å²) in [5.41, 5.74) is 2.60. The molecule has 1 aromatic carbocycles. The highest BCUT2D eigenvalue weighted by atomic mass is 15.2. The van der Waals surface area contributed by atoms with Crippen LogP contribution in [0.5, 0.6) is 0 Å². The molecule has 4 nitrogen and oxygen atoms in total. The van der Waals surface area contributed by atoms with Crippen LogP contribution in [-0.2, 0) is 0 Å². The Bertz CT molecular complexity index is 523. The molecule has 0 saturated carbocycles. The quantitative estimate of drug-likeness (QED) is 0.482. The van der Waals surface area contributed by atoms with Crippen LogP contribution in [-0.4, -0.2) is 44.1 Å². The number of rotatable bonds is 6. The zero-order valence-corrected chi connectivity index (χ0v) is 14.8. The van der Waals surface area contributed by atoms with Crippen molar-refractivity contribution in [3.63, 3.8) is 0 Å². The molecule has 0 fully saturated rings. The van der Waals surface area contributed by atoms with Gasteiger partial charge in [-0.15, -0.1) is 0 Å². The summed E-state index contributed by atoms with van der Waals surface area (Å²) in [6, 6.07) is 9.51. The first kappa shape index (κ1) is 17.5. The van der Waals surface area contributed by atoms with Crippen molar-refractivity contribution < 1.29 is 0 Å². The molecule has 0 saturated heterocycles. The van der Waals surface area contributed by atoms with E-state index in [-0.39, 0.29) is 6.04 Å². The van der Waals surface area contributed by atoms with Crippen LogP contribution in [0.4, 0.5) is 0 Å². The van der Waals surface area contributed by atoms with E-state index < -0.39 is 0 Å². The highest BCUT2D eigenvalue weighted by molar-refractivity contribution is 5.80. The van der Waals surface area contributed by atoms with Gasteiger partial charge >= 0.3 is 0 Å². The average molecular weight is 314 g/mol. The number of guanidine groups is 1. The van der Waals surface area contributed by atoms with E-state index in [0.29, 0.717) is 6.04 Å². The average Bonchev–Trinajstić information content (AvgIpc) is 3.02. The van der Waals surface area contributed by atoms with E-state index in [4.69, 9.17) is 4.99 Å². The third-order valence-corrected chi connectivity index (χ3v) is 4.20. The van der Waals surface area contributed by atoms with Gasteiger partial charge in [0, 0.05) is 12.6 Å². The van der Waals surface area contributed by atoms with Crippen molar-refractivity contribution in [1.29, 1.82) is 0 Å². The Morgan fingerprint density at radius 3 is 2.43 bits per heavy atom. The van der Waals surface area contributed by atoms with E-state index in [9.17, 15) is 0 Å². The molecule has 1 aliphatic rings. The van der Waals surface area contributed by atoms with Crippen LogP contribution in [0.25, 0.3) is 0 Å². The lowest BCUT2D eigenvalue weighted by molar-refractivity contribution is 0.306. The number of hydrogen-bond acceptors (Lipinski definition) is 2. The molecule has 23 heavy (non-hydrogen) atoms. The number of aryl methyl sites for hydroxylation is 1. The number of aliphatic imine (C=N–C) groups is 1. The third-order valence-electron chi connectivity index (χ3n) is 4.20. The molecule has 0 bridgehead atoms. The molecule has 2 rings (SSSR count). The maximum atomic E-state index is 4.82. The fourth-order valence-corrected chi connectivity index (χ4v) is 2.78. The SMILES string of the molecule is CCNC(=NCC(c1ccc(C)cc1)N(C)C)NC1CC=CC1. The number of likely N-dealkylation sites (N-methyl/N-ethyl adjacent to an activating group) is 1. The predicted molar refractivity (Wildman–Crippen MR) is 98.9 cm³/mol. The lowest BCUT2D eigenvalue weighted by Crippen LogP contribution is -2.43. The second-order valence-corrected chi connectivity index (χ2v) is 6.39. The molecule has 0 aliphatic heterocycles. The largest absolute Gasteiger partial charge is 0.357 e. The van der Waals surface area contributed by atoms with Crippen molar-refractivity contribution >= 4 is 5.96 Å². The fourth-order valence-electron chi connectivity index (χ4n) is 2.78. The van der Waals surface area contributed by atoms with Crippen LogP contribution >= 0.6 is 0 Å². The van der Waals surface area contributed by atoms with E-state index in [2.05, 4.69) is 79.9 Å². The Morgan fingerprint density at radius 1 is 1.22 bits per heavy atom. The maximum Gasteiger partial charge on any atom is 0.191 e. The Morgan fingerprint density at radius 2 is 1.87 bits per heavy atom. The van der Waals surface area contributed by atoms with Gasteiger partial charge in [0.1, 0.15) is 0 Å². The second kappa shape index (κ2) is 8.73. The lowest BCUT2D eigenvalue weighted by atomic mass is 10.0. The van der Waals surface area contributed by atoms with Crippen LogP contribution < -0.4 is 10.6 Å². The summed E-state index contributed by atoms with van der Waals surface area (Å²) < 4.78 is 0. The number of benzene rings is 1.